The molecule has 6 heteroatoms. The van der Waals surface area contributed by atoms with Crippen molar-refractivity contribution in [2.45, 2.75) is 19.5 Å². The van der Waals surface area contributed by atoms with Gasteiger partial charge < -0.3 is 5.32 Å². The molecule has 0 unspecified atom stereocenters. The van der Waals surface area contributed by atoms with Crippen LogP contribution in [0, 0.1) is 0 Å². The van der Waals surface area contributed by atoms with E-state index in [-0.39, 0.29) is 22.5 Å². The molecule has 0 radical (unpaired) electrons. The molecule has 0 aromatic heterocycles. The number of nitrogens with one attached hydrogen (secondary N) is 1. The summed E-state index contributed by atoms with van der Waals surface area (Å²) in [6, 6.07) is 3.57. The van der Waals surface area contributed by atoms with Crippen molar-refractivity contribution in [1.29, 1.82) is 0 Å². The summed E-state index contributed by atoms with van der Waals surface area (Å²) in [5, 5.41) is 2.37. The Balaban J connectivity index is 3.03. The minimum absolute atomic E-state index is 0.0468. The quantitative estimate of drug-likeness (QED) is 0.883. The third-order valence-electron chi connectivity index (χ3n) is 1.88. The number of benzene rings is 1. The Morgan fingerprint density at radius 3 is 2.56 bits per heavy atom. The lowest BCUT2D eigenvalue weighted by atomic mass is 10.2. The van der Waals surface area contributed by atoms with Gasteiger partial charge in [0, 0.05) is 16.6 Å². The molecule has 0 aliphatic heterocycles. The number of hydrogen-bond donors (Lipinski definition) is 1. The molecule has 0 heterocycles. The number of carbonyl (C=O) groups is 1. The first-order chi connectivity index (χ1) is 7.34. The molecular formula is C10H9BrF3NO. The summed E-state index contributed by atoms with van der Waals surface area (Å²) in [5.41, 5.74) is -0.663. The zero-order chi connectivity index (χ0) is 12.3. The number of amides is 1. The van der Waals surface area contributed by atoms with Gasteiger partial charge in [-0.3, -0.25) is 4.79 Å². The van der Waals surface area contributed by atoms with Crippen molar-refractivity contribution >= 4 is 27.5 Å². The second-order valence-electron chi connectivity index (χ2n) is 3.09. The standard InChI is InChI=1S/C10H9BrF3NO/c1-2-9(16)15-6-3-4-8(11)7(5-6)10(12,13)14/h3-5H,2H2,1H3,(H,15,16). The van der Waals surface area contributed by atoms with E-state index < -0.39 is 11.7 Å². The smallest absolute Gasteiger partial charge is 0.326 e. The van der Waals surface area contributed by atoms with Crippen molar-refractivity contribution in [2.24, 2.45) is 0 Å². The van der Waals surface area contributed by atoms with Gasteiger partial charge in [0.25, 0.3) is 0 Å². The van der Waals surface area contributed by atoms with Crippen LogP contribution in [0.4, 0.5) is 18.9 Å². The maximum absolute atomic E-state index is 12.5. The summed E-state index contributed by atoms with van der Waals surface area (Å²) < 4.78 is 37.5. The molecule has 0 bridgehead atoms. The van der Waals surface area contributed by atoms with E-state index in [4.69, 9.17) is 0 Å². The van der Waals surface area contributed by atoms with Gasteiger partial charge in [-0.05, 0) is 18.2 Å². The van der Waals surface area contributed by atoms with Crippen molar-refractivity contribution in [3.8, 4) is 0 Å². The van der Waals surface area contributed by atoms with Crippen molar-refractivity contribution in [3.05, 3.63) is 28.2 Å². The van der Waals surface area contributed by atoms with Crippen LogP contribution in [0.5, 0.6) is 0 Å². The van der Waals surface area contributed by atoms with Crippen molar-refractivity contribution in [1.82, 2.24) is 0 Å². The Kier molecular flexibility index (Phi) is 3.96. The van der Waals surface area contributed by atoms with Gasteiger partial charge in [-0.25, -0.2) is 0 Å². The Labute approximate surface area is 99.0 Å². The molecule has 1 rings (SSSR count). The largest absolute Gasteiger partial charge is 0.417 e. The highest BCUT2D eigenvalue weighted by Crippen LogP contribution is 2.36. The lowest BCUT2D eigenvalue weighted by Crippen LogP contribution is -2.11. The second-order valence-corrected chi connectivity index (χ2v) is 3.95. The maximum atomic E-state index is 12.5. The molecule has 0 saturated heterocycles. The van der Waals surface area contributed by atoms with Crippen LogP contribution in [0.2, 0.25) is 0 Å². The fraction of sp³-hybridized carbons (Fsp3) is 0.300. The van der Waals surface area contributed by atoms with Crippen molar-refractivity contribution in [3.63, 3.8) is 0 Å². The first-order valence-electron chi connectivity index (χ1n) is 4.51. The third kappa shape index (κ3) is 3.23. The zero-order valence-electron chi connectivity index (χ0n) is 8.36. The van der Waals surface area contributed by atoms with E-state index in [9.17, 15) is 18.0 Å². The first kappa shape index (κ1) is 13.0. The van der Waals surface area contributed by atoms with Gasteiger partial charge in [-0.1, -0.05) is 22.9 Å². The van der Waals surface area contributed by atoms with Gasteiger partial charge >= 0.3 is 6.18 Å². The summed E-state index contributed by atoms with van der Waals surface area (Å²) >= 11 is 2.82. The van der Waals surface area contributed by atoms with E-state index in [0.29, 0.717) is 0 Å². The minimum atomic E-state index is -4.44. The van der Waals surface area contributed by atoms with Gasteiger partial charge in [-0.15, -0.1) is 0 Å². The molecule has 0 fully saturated rings. The van der Waals surface area contributed by atoms with Crippen LogP contribution in [-0.2, 0) is 11.0 Å². The van der Waals surface area contributed by atoms with E-state index >= 15 is 0 Å². The van der Waals surface area contributed by atoms with Crippen LogP contribution in [0.15, 0.2) is 22.7 Å². The van der Waals surface area contributed by atoms with Crippen molar-refractivity contribution in [2.75, 3.05) is 5.32 Å². The molecule has 0 spiro atoms. The van der Waals surface area contributed by atoms with Crippen LogP contribution in [-0.4, -0.2) is 5.91 Å². The van der Waals surface area contributed by atoms with Crippen LogP contribution in [0.25, 0.3) is 0 Å². The van der Waals surface area contributed by atoms with E-state index in [1.807, 2.05) is 0 Å². The average molecular weight is 296 g/mol. The topological polar surface area (TPSA) is 29.1 Å². The zero-order valence-corrected chi connectivity index (χ0v) is 9.95. The molecule has 1 aromatic rings. The van der Waals surface area contributed by atoms with E-state index in [1.165, 1.54) is 12.1 Å². The SMILES string of the molecule is CCC(=O)Nc1ccc(Br)c(C(F)(F)F)c1. The number of anilines is 1. The maximum Gasteiger partial charge on any atom is 0.417 e. The van der Waals surface area contributed by atoms with Gasteiger partial charge in [0.1, 0.15) is 0 Å². The average Bonchev–Trinajstić information content (AvgIpc) is 2.19. The Bertz CT molecular complexity index is 404. The molecule has 0 atom stereocenters. The molecule has 16 heavy (non-hydrogen) atoms. The number of hydrogen-bond acceptors (Lipinski definition) is 1. The van der Waals surface area contributed by atoms with E-state index in [2.05, 4.69) is 21.2 Å². The minimum Gasteiger partial charge on any atom is -0.326 e. The Hall–Kier alpha value is -1.04. The fourth-order valence-electron chi connectivity index (χ4n) is 1.07. The Morgan fingerprint density at radius 2 is 2.06 bits per heavy atom. The van der Waals surface area contributed by atoms with Crippen LogP contribution in [0.1, 0.15) is 18.9 Å². The van der Waals surface area contributed by atoms with Crippen LogP contribution >= 0.6 is 15.9 Å². The van der Waals surface area contributed by atoms with Crippen LogP contribution in [0.3, 0.4) is 0 Å². The molecule has 0 aliphatic carbocycles. The molecular weight excluding hydrogens is 287 g/mol. The normalized spacial score (nSPS) is 11.3. The molecule has 88 valence electrons. The van der Waals surface area contributed by atoms with Crippen LogP contribution < -0.4 is 5.32 Å². The molecule has 0 aliphatic rings. The molecule has 1 amide bonds. The van der Waals surface area contributed by atoms with Gasteiger partial charge in [0.05, 0.1) is 5.56 Å². The predicted molar refractivity (Wildman–Crippen MR) is 58.1 cm³/mol. The van der Waals surface area contributed by atoms with Crippen molar-refractivity contribution < 1.29 is 18.0 Å². The highest BCUT2D eigenvalue weighted by molar-refractivity contribution is 9.10. The number of alkyl halides is 3. The third-order valence-corrected chi connectivity index (χ3v) is 2.57. The summed E-state index contributed by atoms with van der Waals surface area (Å²) in [6.07, 6.45) is -4.22. The number of halogens is 4. The molecule has 1 aromatic carbocycles. The summed E-state index contributed by atoms with van der Waals surface area (Å²) in [6.45, 7) is 1.62. The van der Waals surface area contributed by atoms with Gasteiger partial charge in [0.2, 0.25) is 5.91 Å². The lowest BCUT2D eigenvalue weighted by Gasteiger charge is -2.11. The van der Waals surface area contributed by atoms with E-state index in [0.717, 1.165) is 6.07 Å². The summed E-state index contributed by atoms with van der Waals surface area (Å²) in [7, 11) is 0. The highest BCUT2D eigenvalue weighted by Gasteiger charge is 2.33. The Morgan fingerprint density at radius 1 is 1.44 bits per heavy atom. The van der Waals surface area contributed by atoms with E-state index in [1.54, 1.807) is 6.92 Å². The second kappa shape index (κ2) is 4.86. The molecule has 0 saturated carbocycles. The lowest BCUT2D eigenvalue weighted by molar-refractivity contribution is -0.138. The molecule has 1 N–H and O–H groups in total. The van der Waals surface area contributed by atoms with Gasteiger partial charge in [0.15, 0.2) is 0 Å². The first-order valence-corrected chi connectivity index (χ1v) is 5.30. The van der Waals surface area contributed by atoms with Gasteiger partial charge in [-0.2, -0.15) is 13.2 Å². The summed E-state index contributed by atoms with van der Waals surface area (Å²) in [4.78, 5) is 11.0. The predicted octanol–water partition coefficient (Wildman–Crippen LogP) is 3.82. The fourth-order valence-corrected chi connectivity index (χ4v) is 1.54. The highest BCUT2D eigenvalue weighted by atomic mass is 79.9. The summed E-state index contributed by atoms with van der Waals surface area (Å²) in [5.74, 6) is -0.324. The number of rotatable bonds is 2. The number of carbonyl (C=O) groups excluding carboxylic acids is 1. The molecule has 2 nitrogen and oxygen atoms in total. The monoisotopic (exact) mass is 295 g/mol.